The number of hydrogen-bond acceptors (Lipinski definition) is 3. The van der Waals surface area contributed by atoms with E-state index in [2.05, 4.69) is 0 Å². The molecule has 0 aromatic heterocycles. The molecule has 4 nitrogen and oxygen atoms in total. The van der Waals surface area contributed by atoms with Gasteiger partial charge in [-0.05, 0) is 50.6 Å². The molecule has 1 fully saturated rings. The van der Waals surface area contributed by atoms with E-state index >= 15 is 0 Å². The summed E-state index contributed by atoms with van der Waals surface area (Å²) in [6.45, 7) is 1.55. The van der Waals surface area contributed by atoms with Crippen LogP contribution in [0.5, 0.6) is 0 Å². The number of rotatable bonds is 7. The Morgan fingerprint density at radius 3 is 2.48 bits per heavy atom. The molecule has 1 amide bonds. The Kier molecular flexibility index (Phi) is 8.76. The average molecular weight is 376 g/mol. The van der Waals surface area contributed by atoms with Gasteiger partial charge in [0.15, 0.2) is 11.6 Å². The molecule has 0 heterocycles. The first-order valence-corrected chi connectivity index (χ1v) is 8.49. The van der Waals surface area contributed by atoms with Gasteiger partial charge in [-0.15, -0.1) is 12.4 Å². The number of amides is 1. The minimum Gasteiger partial charge on any atom is -0.337 e. The van der Waals surface area contributed by atoms with E-state index in [1.165, 1.54) is 6.07 Å². The summed E-state index contributed by atoms with van der Waals surface area (Å²) in [7, 11) is 3.88. The zero-order valence-electron chi connectivity index (χ0n) is 14.9. The summed E-state index contributed by atoms with van der Waals surface area (Å²) in [5, 5.41) is 0. The molecular weight excluding hydrogens is 348 g/mol. The fourth-order valence-electron chi connectivity index (χ4n) is 3.14. The molecule has 142 valence electrons. The second kappa shape index (κ2) is 10.0. The number of likely N-dealkylation sites (N-methyl/N-ethyl adjacent to an activating group) is 1. The van der Waals surface area contributed by atoms with Gasteiger partial charge in [-0.25, -0.2) is 8.78 Å². The van der Waals surface area contributed by atoms with Crippen LogP contribution in [0.25, 0.3) is 0 Å². The molecule has 0 saturated heterocycles. The van der Waals surface area contributed by atoms with Gasteiger partial charge < -0.3 is 15.5 Å². The summed E-state index contributed by atoms with van der Waals surface area (Å²) in [6.07, 6.45) is 3.46. The Hall–Kier alpha value is -1.24. The fraction of sp³-hybridized carbons (Fsp3) is 0.611. The number of hydrogen-bond donors (Lipinski definition) is 1. The molecule has 25 heavy (non-hydrogen) atoms. The van der Waals surface area contributed by atoms with E-state index in [4.69, 9.17) is 5.73 Å². The van der Waals surface area contributed by atoms with Crippen LogP contribution in [-0.4, -0.2) is 48.9 Å². The molecule has 0 spiro atoms. The van der Waals surface area contributed by atoms with Gasteiger partial charge in [0.2, 0.25) is 5.91 Å². The Morgan fingerprint density at radius 2 is 1.92 bits per heavy atom. The lowest BCUT2D eigenvalue weighted by Crippen LogP contribution is -2.38. The van der Waals surface area contributed by atoms with Crippen LogP contribution in [-0.2, 0) is 11.3 Å². The van der Waals surface area contributed by atoms with Crippen LogP contribution in [0, 0.1) is 17.6 Å². The SMILES string of the molecule is CN(C)CCN(Cc1ccc(F)c(F)c1)C(=O)C[C@@H]1CCC[C@H]1N.Cl. The maximum Gasteiger partial charge on any atom is 0.223 e. The molecule has 2 N–H and O–H groups in total. The third kappa shape index (κ3) is 6.53. The molecule has 1 saturated carbocycles. The standard InChI is InChI=1S/C18H27F2N3O.ClH/c1-22(2)8-9-23(12-13-6-7-15(19)16(20)10-13)18(24)11-14-4-3-5-17(14)21;/h6-7,10,14,17H,3-5,8-9,11-12,21H2,1-2H3;1H/t14-,17+;/m0./s1. The van der Waals surface area contributed by atoms with Gasteiger partial charge in [0.1, 0.15) is 0 Å². The van der Waals surface area contributed by atoms with Crippen molar-refractivity contribution in [2.75, 3.05) is 27.2 Å². The molecule has 1 aromatic carbocycles. The third-order valence-corrected chi connectivity index (χ3v) is 4.68. The smallest absolute Gasteiger partial charge is 0.223 e. The van der Waals surface area contributed by atoms with Crippen molar-refractivity contribution in [2.24, 2.45) is 11.7 Å². The lowest BCUT2D eigenvalue weighted by atomic mass is 9.99. The number of halogens is 3. The molecule has 7 heteroatoms. The second-order valence-electron chi connectivity index (χ2n) is 6.93. The highest BCUT2D eigenvalue weighted by Gasteiger charge is 2.28. The number of carbonyl (C=O) groups is 1. The van der Waals surface area contributed by atoms with Crippen LogP contribution in [0.4, 0.5) is 8.78 Å². The van der Waals surface area contributed by atoms with Crippen molar-refractivity contribution in [3.63, 3.8) is 0 Å². The average Bonchev–Trinajstić information content (AvgIpc) is 2.92. The van der Waals surface area contributed by atoms with Crippen LogP contribution in [0.15, 0.2) is 18.2 Å². The maximum absolute atomic E-state index is 13.4. The largest absolute Gasteiger partial charge is 0.337 e. The Bertz CT molecular complexity index is 571. The molecule has 0 aliphatic heterocycles. The molecule has 1 aliphatic carbocycles. The van der Waals surface area contributed by atoms with E-state index in [0.29, 0.717) is 25.1 Å². The summed E-state index contributed by atoms with van der Waals surface area (Å²) in [6, 6.07) is 3.88. The highest BCUT2D eigenvalue weighted by molar-refractivity contribution is 5.85. The summed E-state index contributed by atoms with van der Waals surface area (Å²) in [5.41, 5.74) is 6.66. The third-order valence-electron chi connectivity index (χ3n) is 4.68. The van der Waals surface area contributed by atoms with Gasteiger partial charge in [0, 0.05) is 32.1 Å². The molecule has 1 aliphatic rings. The van der Waals surface area contributed by atoms with Crippen LogP contribution in [0.3, 0.4) is 0 Å². The summed E-state index contributed by atoms with van der Waals surface area (Å²) in [4.78, 5) is 16.4. The molecule has 0 bridgehead atoms. The summed E-state index contributed by atoms with van der Waals surface area (Å²) >= 11 is 0. The fourth-order valence-corrected chi connectivity index (χ4v) is 3.14. The van der Waals surface area contributed by atoms with Crippen molar-refractivity contribution in [3.8, 4) is 0 Å². The number of nitrogens with two attached hydrogens (primary N) is 1. The van der Waals surface area contributed by atoms with E-state index in [-0.39, 0.29) is 36.8 Å². The Balaban J connectivity index is 0.00000312. The lowest BCUT2D eigenvalue weighted by Gasteiger charge is -2.26. The number of nitrogens with zero attached hydrogens (tertiary/aromatic N) is 2. The Morgan fingerprint density at radius 1 is 1.20 bits per heavy atom. The predicted molar refractivity (Wildman–Crippen MR) is 97.5 cm³/mol. The molecular formula is C18H28ClF2N3O. The summed E-state index contributed by atoms with van der Waals surface area (Å²) in [5.74, 6) is -1.50. The van der Waals surface area contributed by atoms with Gasteiger partial charge >= 0.3 is 0 Å². The molecule has 0 unspecified atom stereocenters. The van der Waals surface area contributed by atoms with Gasteiger partial charge in [0.05, 0.1) is 0 Å². The minimum atomic E-state index is -0.884. The van der Waals surface area contributed by atoms with Crippen molar-refractivity contribution in [2.45, 2.75) is 38.3 Å². The molecule has 1 aromatic rings. The number of carbonyl (C=O) groups excluding carboxylic acids is 1. The van der Waals surface area contributed by atoms with E-state index in [1.54, 1.807) is 4.90 Å². The van der Waals surface area contributed by atoms with Gasteiger partial charge in [-0.1, -0.05) is 12.5 Å². The first-order chi connectivity index (χ1) is 11.4. The Labute approximate surface area is 154 Å². The van der Waals surface area contributed by atoms with Gasteiger partial charge in [-0.3, -0.25) is 4.79 Å². The van der Waals surface area contributed by atoms with E-state index < -0.39 is 11.6 Å². The highest BCUT2D eigenvalue weighted by Crippen LogP contribution is 2.27. The highest BCUT2D eigenvalue weighted by atomic mass is 35.5. The quantitative estimate of drug-likeness (QED) is 0.797. The van der Waals surface area contributed by atoms with E-state index in [9.17, 15) is 13.6 Å². The first kappa shape index (κ1) is 21.8. The van der Waals surface area contributed by atoms with Gasteiger partial charge in [-0.2, -0.15) is 0 Å². The lowest BCUT2D eigenvalue weighted by molar-refractivity contribution is -0.133. The topological polar surface area (TPSA) is 49.6 Å². The van der Waals surface area contributed by atoms with Crippen LogP contribution < -0.4 is 5.73 Å². The maximum atomic E-state index is 13.4. The van der Waals surface area contributed by atoms with Crippen molar-refractivity contribution in [1.82, 2.24) is 9.80 Å². The molecule has 0 radical (unpaired) electrons. The summed E-state index contributed by atoms with van der Waals surface area (Å²) < 4.78 is 26.5. The number of benzene rings is 1. The van der Waals surface area contributed by atoms with E-state index in [1.807, 2.05) is 19.0 Å². The van der Waals surface area contributed by atoms with Crippen molar-refractivity contribution in [3.05, 3.63) is 35.4 Å². The normalized spacial score (nSPS) is 19.8. The van der Waals surface area contributed by atoms with Crippen LogP contribution >= 0.6 is 12.4 Å². The first-order valence-electron chi connectivity index (χ1n) is 8.49. The molecule has 2 rings (SSSR count). The zero-order chi connectivity index (χ0) is 17.7. The van der Waals surface area contributed by atoms with Crippen molar-refractivity contribution >= 4 is 18.3 Å². The van der Waals surface area contributed by atoms with Crippen LogP contribution in [0.1, 0.15) is 31.2 Å². The monoisotopic (exact) mass is 375 g/mol. The van der Waals surface area contributed by atoms with Gasteiger partial charge in [0.25, 0.3) is 0 Å². The zero-order valence-corrected chi connectivity index (χ0v) is 15.7. The van der Waals surface area contributed by atoms with Crippen LogP contribution in [0.2, 0.25) is 0 Å². The predicted octanol–water partition coefficient (Wildman–Crippen LogP) is 2.79. The second-order valence-corrected chi connectivity index (χ2v) is 6.93. The molecule has 2 atom stereocenters. The van der Waals surface area contributed by atoms with Crippen molar-refractivity contribution in [1.29, 1.82) is 0 Å². The minimum absolute atomic E-state index is 0. The van der Waals surface area contributed by atoms with E-state index in [0.717, 1.165) is 31.4 Å². The van der Waals surface area contributed by atoms with Crippen molar-refractivity contribution < 1.29 is 13.6 Å².